The number of rotatable bonds is 5. The summed E-state index contributed by atoms with van der Waals surface area (Å²) in [5.74, 6) is 0.822. The summed E-state index contributed by atoms with van der Waals surface area (Å²) in [6.45, 7) is 13.5. The van der Waals surface area contributed by atoms with Crippen LogP contribution in [-0.4, -0.2) is 22.2 Å². The average Bonchev–Trinajstić information content (AvgIpc) is 2.41. The number of piperidine rings is 1. The molecule has 2 aliphatic rings. The molecule has 0 unspecified atom stereocenters. The van der Waals surface area contributed by atoms with Crippen molar-refractivity contribution in [2.75, 3.05) is 0 Å². The Morgan fingerprint density at radius 1 is 1.00 bits per heavy atom. The monoisotopic (exact) mass is 294 g/mol. The molecule has 0 bridgehead atoms. The maximum atomic E-state index is 6.54. The van der Waals surface area contributed by atoms with E-state index in [1.54, 1.807) is 0 Å². The third-order valence-electron chi connectivity index (χ3n) is 5.35. The lowest BCUT2D eigenvalue weighted by molar-refractivity contribution is -0.314. The molecule has 0 amide bonds. The largest absolute Gasteiger partial charge is 0.295 e. The first-order chi connectivity index (χ1) is 9.85. The Morgan fingerprint density at radius 2 is 1.57 bits per heavy atom. The molecule has 123 valence electrons. The van der Waals surface area contributed by atoms with Crippen LogP contribution in [0.4, 0.5) is 0 Å². The van der Waals surface area contributed by atoms with Crippen LogP contribution in [0, 0.1) is 12.8 Å². The molecule has 0 aromatic carbocycles. The van der Waals surface area contributed by atoms with Gasteiger partial charge in [-0.3, -0.25) is 4.84 Å². The van der Waals surface area contributed by atoms with Crippen molar-refractivity contribution in [2.45, 2.75) is 109 Å². The number of hydroxylamine groups is 2. The highest BCUT2D eigenvalue weighted by Crippen LogP contribution is 2.44. The second kappa shape index (κ2) is 7.00. The zero-order chi connectivity index (χ0) is 15.5. The summed E-state index contributed by atoms with van der Waals surface area (Å²) in [5.41, 5.74) is 0.288. The molecule has 1 aliphatic heterocycles. The molecule has 1 aliphatic carbocycles. The second-order valence-electron chi connectivity index (χ2n) is 8.55. The normalized spacial score (nSPS) is 27.9. The third-order valence-corrected chi connectivity index (χ3v) is 5.35. The van der Waals surface area contributed by atoms with Gasteiger partial charge in [-0.2, -0.15) is 5.06 Å². The Labute approximate surface area is 132 Å². The third kappa shape index (κ3) is 4.45. The van der Waals surface area contributed by atoms with Crippen molar-refractivity contribution in [1.82, 2.24) is 5.06 Å². The van der Waals surface area contributed by atoms with Crippen LogP contribution in [0.5, 0.6) is 0 Å². The molecule has 2 nitrogen and oxygen atoms in total. The highest BCUT2D eigenvalue weighted by molar-refractivity contribution is 4.96. The van der Waals surface area contributed by atoms with Gasteiger partial charge in [0, 0.05) is 11.1 Å². The summed E-state index contributed by atoms with van der Waals surface area (Å²) in [4.78, 5) is 6.54. The number of nitrogens with zero attached hydrogens (tertiary/aromatic N) is 1. The first-order valence-electron chi connectivity index (χ1n) is 9.11. The van der Waals surface area contributed by atoms with Gasteiger partial charge in [0.15, 0.2) is 0 Å². The fraction of sp³-hybridized carbons (Fsp3) is 0.947. The molecule has 0 atom stereocenters. The first-order valence-corrected chi connectivity index (χ1v) is 9.11. The van der Waals surface area contributed by atoms with Crippen molar-refractivity contribution in [3.05, 3.63) is 6.92 Å². The summed E-state index contributed by atoms with van der Waals surface area (Å²) >= 11 is 0. The SMILES string of the molecule is [CH2]CCCC1CC(C)(C)N(OC2CCCCC2)C(C)(C)C1. The molecule has 1 heterocycles. The van der Waals surface area contributed by atoms with Crippen molar-refractivity contribution in [3.8, 4) is 0 Å². The van der Waals surface area contributed by atoms with Crippen LogP contribution in [0.1, 0.15) is 91.9 Å². The summed E-state index contributed by atoms with van der Waals surface area (Å²) in [7, 11) is 0. The van der Waals surface area contributed by atoms with Gasteiger partial charge in [0.2, 0.25) is 0 Å². The van der Waals surface area contributed by atoms with Gasteiger partial charge in [0.25, 0.3) is 0 Å². The fourth-order valence-corrected chi connectivity index (χ4v) is 4.71. The van der Waals surface area contributed by atoms with E-state index in [0.29, 0.717) is 6.10 Å². The number of unbranched alkanes of at least 4 members (excludes halogenated alkanes) is 1. The molecule has 0 N–H and O–H groups in total. The van der Waals surface area contributed by atoms with Crippen LogP contribution in [0.2, 0.25) is 0 Å². The molecule has 0 aromatic heterocycles. The lowest BCUT2D eigenvalue weighted by Crippen LogP contribution is -2.61. The molecule has 2 rings (SSSR count). The van der Waals surface area contributed by atoms with Gasteiger partial charge >= 0.3 is 0 Å². The second-order valence-corrected chi connectivity index (χ2v) is 8.55. The molecule has 0 spiro atoms. The maximum Gasteiger partial charge on any atom is 0.0793 e. The molecule has 21 heavy (non-hydrogen) atoms. The first kappa shape index (κ1) is 17.3. The van der Waals surface area contributed by atoms with E-state index in [0.717, 1.165) is 12.3 Å². The van der Waals surface area contributed by atoms with Gasteiger partial charge < -0.3 is 0 Å². The summed E-state index contributed by atoms with van der Waals surface area (Å²) in [6.07, 6.45) is 13.2. The van der Waals surface area contributed by atoms with Gasteiger partial charge in [-0.05, 0) is 59.3 Å². The summed E-state index contributed by atoms with van der Waals surface area (Å²) < 4.78 is 0. The molecule has 1 saturated heterocycles. The fourth-order valence-electron chi connectivity index (χ4n) is 4.71. The van der Waals surface area contributed by atoms with Crippen LogP contribution in [-0.2, 0) is 4.84 Å². The minimum absolute atomic E-state index is 0.144. The van der Waals surface area contributed by atoms with Crippen LogP contribution >= 0.6 is 0 Å². The van der Waals surface area contributed by atoms with E-state index in [1.807, 2.05) is 0 Å². The van der Waals surface area contributed by atoms with E-state index in [2.05, 4.69) is 39.7 Å². The van der Waals surface area contributed by atoms with Crippen molar-refractivity contribution in [1.29, 1.82) is 0 Å². The molecular formula is C19H36NO. The van der Waals surface area contributed by atoms with E-state index in [1.165, 1.54) is 57.8 Å². The van der Waals surface area contributed by atoms with Crippen molar-refractivity contribution < 1.29 is 4.84 Å². The minimum atomic E-state index is 0.144. The van der Waals surface area contributed by atoms with Crippen molar-refractivity contribution in [2.24, 2.45) is 5.92 Å². The Bertz CT molecular complexity index is 300. The van der Waals surface area contributed by atoms with Crippen LogP contribution in [0.3, 0.4) is 0 Å². The lowest BCUT2D eigenvalue weighted by atomic mass is 9.73. The summed E-state index contributed by atoms with van der Waals surface area (Å²) in [6, 6.07) is 0. The van der Waals surface area contributed by atoms with Gasteiger partial charge in [-0.15, -0.1) is 0 Å². The van der Waals surface area contributed by atoms with E-state index in [-0.39, 0.29) is 11.1 Å². The summed E-state index contributed by atoms with van der Waals surface area (Å²) in [5, 5.41) is 2.37. The smallest absolute Gasteiger partial charge is 0.0793 e. The van der Waals surface area contributed by atoms with Crippen LogP contribution < -0.4 is 0 Å². The average molecular weight is 295 g/mol. The molecule has 2 fully saturated rings. The highest BCUT2D eigenvalue weighted by atomic mass is 16.7. The highest BCUT2D eigenvalue weighted by Gasteiger charge is 2.47. The Hall–Kier alpha value is -0.0800. The molecule has 2 heteroatoms. The Kier molecular flexibility index (Phi) is 5.76. The Balaban J connectivity index is 2.02. The van der Waals surface area contributed by atoms with Crippen molar-refractivity contribution in [3.63, 3.8) is 0 Å². The zero-order valence-electron chi connectivity index (χ0n) is 14.8. The lowest BCUT2D eigenvalue weighted by Gasteiger charge is -2.55. The zero-order valence-corrected chi connectivity index (χ0v) is 14.8. The predicted molar refractivity (Wildman–Crippen MR) is 89.9 cm³/mol. The topological polar surface area (TPSA) is 12.5 Å². The molecule has 0 aromatic rings. The maximum absolute atomic E-state index is 6.54. The van der Waals surface area contributed by atoms with E-state index >= 15 is 0 Å². The van der Waals surface area contributed by atoms with Gasteiger partial charge in [-0.1, -0.05) is 45.4 Å². The minimum Gasteiger partial charge on any atom is -0.295 e. The number of hydrogen-bond donors (Lipinski definition) is 0. The van der Waals surface area contributed by atoms with Crippen LogP contribution in [0.25, 0.3) is 0 Å². The molecular weight excluding hydrogens is 258 g/mol. The predicted octanol–water partition coefficient (Wildman–Crippen LogP) is 5.52. The Morgan fingerprint density at radius 3 is 2.10 bits per heavy atom. The van der Waals surface area contributed by atoms with Gasteiger partial charge in [-0.25, -0.2) is 0 Å². The van der Waals surface area contributed by atoms with Gasteiger partial charge in [0.1, 0.15) is 0 Å². The van der Waals surface area contributed by atoms with E-state index in [9.17, 15) is 0 Å². The standard InChI is InChI=1S/C19H36NO/c1-6-7-11-16-14-18(2,3)20(19(4,5)15-16)21-17-12-9-8-10-13-17/h16-17H,1,6-15H2,2-5H3. The number of hydrogen-bond acceptors (Lipinski definition) is 2. The molecule has 1 radical (unpaired) electrons. The van der Waals surface area contributed by atoms with E-state index in [4.69, 9.17) is 4.84 Å². The van der Waals surface area contributed by atoms with Gasteiger partial charge in [0.05, 0.1) is 6.10 Å². The molecule has 1 saturated carbocycles. The quantitative estimate of drug-likeness (QED) is 0.661. The van der Waals surface area contributed by atoms with Crippen LogP contribution in [0.15, 0.2) is 0 Å². The van der Waals surface area contributed by atoms with E-state index < -0.39 is 0 Å². The van der Waals surface area contributed by atoms with Crippen molar-refractivity contribution >= 4 is 0 Å².